The Morgan fingerprint density at radius 1 is 0.886 bits per heavy atom. The lowest BCUT2D eigenvalue weighted by molar-refractivity contribution is -0.0517. The van der Waals surface area contributed by atoms with Crippen LogP contribution in [0, 0.1) is 13.8 Å². The first-order valence-electron chi connectivity index (χ1n) is 10.3. The molecular formula is C25H25F3O5S2. The third kappa shape index (κ3) is 8.34. The van der Waals surface area contributed by atoms with Crippen molar-refractivity contribution in [1.82, 2.24) is 0 Å². The number of benzene rings is 3. The predicted molar refractivity (Wildman–Crippen MR) is 128 cm³/mol. The summed E-state index contributed by atoms with van der Waals surface area (Å²) in [5.41, 5.74) is -3.35. The van der Waals surface area contributed by atoms with Crippen LogP contribution in [0.5, 0.6) is 5.75 Å². The second kappa shape index (κ2) is 12.7. The SMILES string of the molecule is C=COCCOc1c(C)cc([S+](c2ccccc2)c2ccccc2)cc1C.O=S(=O)([O-])C(F)(F)F. The fourth-order valence-corrected chi connectivity index (χ4v) is 5.32. The second-order valence-electron chi connectivity index (χ2n) is 7.10. The van der Waals surface area contributed by atoms with E-state index in [1.807, 2.05) is 0 Å². The maximum atomic E-state index is 10.7. The Labute approximate surface area is 206 Å². The molecule has 0 N–H and O–H groups in total. The minimum Gasteiger partial charge on any atom is -0.741 e. The van der Waals surface area contributed by atoms with Crippen molar-refractivity contribution in [2.24, 2.45) is 0 Å². The molecule has 3 rings (SSSR count). The van der Waals surface area contributed by atoms with E-state index >= 15 is 0 Å². The summed E-state index contributed by atoms with van der Waals surface area (Å²) in [5.74, 6) is 0.941. The summed E-state index contributed by atoms with van der Waals surface area (Å²) in [6.45, 7) is 8.78. The van der Waals surface area contributed by atoms with Gasteiger partial charge in [0.2, 0.25) is 0 Å². The molecule has 0 atom stereocenters. The molecule has 0 saturated carbocycles. The van der Waals surface area contributed by atoms with Gasteiger partial charge in [0.15, 0.2) is 24.8 Å². The minimum absolute atomic E-state index is 0.146. The fourth-order valence-electron chi connectivity index (χ4n) is 3.05. The highest BCUT2D eigenvalue weighted by Crippen LogP contribution is 2.35. The molecule has 3 aromatic carbocycles. The van der Waals surface area contributed by atoms with Gasteiger partial charge in [0.25, 0.3) is 0 Å². The first kappa shape index (κ1) is 28.3. The lowest BCUT2D eigenvalue weighted by Crippen LogP contribution is -2.21. The molecular weight excluding hydrogens is 501 g/mol. The van der Waals surface area contributed by atoms with E-state index in [2.05, 4.69) is 93.2 Å². The van der Waals surface area contributed by atoms with Gasteiger partial charge in [0.1, 0.15) is 19.0 Å². The second-order valence-corrected chi connectivity index (χ2v) is 10.5. The van der Waals surface area contributed by atoms with E-state index in [-0.39, 0.29) is 10.9 Å². The van der Waals surface area contributed by atoms with Crippen LogP contribution in [0.2, 0.25) is 0 Å². The molecule has 0 aromatic heterocycles. The average Bonchev–Trinajstić information content (AvgIpc) is 2.79. The Morgan fingerprint density at radius 3 is 1.69 bits per heavy atom. The van der Waals surface area contributed by atoms with Gasteiger partial charge in [-0.2, -0.15) is 13.2 Å². The number of aryl methyl sites for hydroxylation is 2. The number of hydrogen-bond acceptors (Lipinski definition) is 5. The fraction of sp³-hybridized carbons (Fsp3) is 0.200. The van der Waals surface area contributed by atoms with Crippen LogP contribution in [-0.2, 0) is 25.7 Å². The Bertz CT molecular complexity index is 1140. The first-order chi connectivity index (χ1) is 16.5. The Kier molecular flexibility index (Phi) is 10.2. The van der Waals surface area contributed by atoms with Crippen LogP contribution in [0.25, 0.3) is 0 Å². The van der Waals surface area contributed by atoms with Gasteiger partial charge in [0, 0.05) is 12.1 Å². The smallest absolute Gasteiger partial charge is 0.485 e. The standard InChI is InChI=1S/C24H25O2S.CHF3O3S/c1-4-25-15-16-26-24-19(2)17-23(18-20(24)3)27(21-11-7-5-8-12-21)22-13-9-6-10-14-22;2-1(3,4)8(5,6)7/h4-14,17-18H,1,15-16H2,2-3H3;(H,5,6,7)/q+1;/p-1. The molecule has 0 spiro atoms. The average molecular weight is 527 g/mol. The molecule has 0 aliphatic rings. The zero-order valence-electron chi connectivity index (χ0n) is 19.1. The molecule has 5 nitrogen and oxygen atoms in total. The van der Waals surface area contributed by atoms with Gasteiger partial charge in [-0.05, 0) is 49.2 Å². The first-order valence-corrected chi connectivity index (χ1v) is 12.9. The number of ether oxygens (including phenoxy) is 2. The summed E-state index contributed by atoms with van der Waals surface area (Å²) >= 11 is 0. The van der Waals surface area contributed by atoms with E-state index in [1.54, 1.807) is 0 Å². The van der Waals surface area contributed by atoms with Crippen molar-refractivity contribution in [3.8, 4) is 5.75 Å². The number of alkyl halides is 3. The van der Waals surface area contributed by atoms with Crippen LogP contribution < -0.4 is 4.74 Å². The summed E-state index contributed by atoms with van der Waals surface area (Å²) in [4.78, 5) is 3.93. The van der Waals surface area contributed by atoms with E-state index in [4.69, 9.17) is 22.4 Å². The molecule has 188 valence electrons. The summed E-state index contributed by atoms with van der Waals surface area (Å²) in [6.07, 6.45) is 1.44. The molecule has 0 saturated heterocycles. The third-order valence-corrected chi connectivity index (χ3v) is 7.24. The molecule has 10 heteroatoms. The van der Waals surface area contributed by atoms with Crippen molar-refractivity contribution >= 4 is 21.0 Å². The Balaban J connectivity index is 0.000000466. The van der Waals surface area contributed by atoms with Crippen molar-refractivity contribution in [3.63, 3.8) is 0 Å². The van der Waals surface area contributed by atoms with Crippen LogP contribution in [0.15, 0.2) is 100 Å². The zero-order valence-corrected chi connectivity index (χ0v) is 20.8. The monoisotopic (exact) mass is 526 g/mol. The molecule has 35 heavy (non-hydrogen) atoms. The molecule has 0 radical (unpaired) electrons. The highest BCUT2D eigenvalue weighted by atomic mass is 32.2. The van der Waals surface area contributed by atoms with Gasteiger partial charge in [-0.1, -0.05) is 43.0 Å². The quantitative estimate of drug-likeness (QED) is 0.119. The van der Waals surface area contributed by atoms with Crippen LogP contribution in [0.3, 0.4) is 0 Å². The van der Waals surface area contributed by atoms with Gasteiger partial charge in [-0.3, -0.25) is 0 Å². The van der Waals surface area contributed by atoms with Crippen molar-refractivity contribution in [1.29, 1.82) is 0 Å². The lowest BCUT2D eigenvalue weighted by Gasteiger charge is -2.14. The topological polar surface area (TPSA) is 75.7 Å². The molecule has 0 fully saturated rings. The number of hydrogen-bond donors (Lipinski definition) is 0. The van der Waals surface area contributed by atoms with E-state index in [1.165, 1.54) is 20.9 Å². The van der Waals surface area contributed by atoms with Gasteiger partial charge in [-0.15, -0.1) is 0 Å². The minimum atomic E-state index is -6.09. The van der Waals surface area contributed by atoms with Crippen molar-refractivity contribution in [3.05, 3.63) is 96.8 Å². The maximum Gasteiger partial charge on any atom is 0.485 e. The maximum absolute atomic E-state index is 10.7. The van der Waals surface area contributed by atoms with E-state index < -0.39 is 15.6 Å². The summed E-state index contributed by atoms with van der Waals surface area (Å²) in [7, 11) is -6.24. The van der Waals surface area contributed by atoms with Crippen LogP contribution in [-0.4, -0.2) is 31.7 Å². The van der Waals surface area contributed by atoms with Crippen LogP contribution in [0.4, 0.5) is 13.2 Å². The normalized spacial score (nSPS) is 11.4. The van der Waals surface area contributed by atoms with Gasteiger partial charge in [0.05, 0.1) is 17.2 Å². The third-order valence-electron chi connectivity index (χ3n) is 4.48. The number of rotatable bonds is 8. The Morgan fingerprint density at radius 2 is 1.31 bits per heavy atom. The largest absolute Gasteiger partial charge is 0.741 e. The van der Waals surface area contributed by atoms with Crippen molar-refractivity contribution in [2.75, 3.05) is 13.2 Å². The van der Waals surface area contributed by atoms with E-state index in [0.29, 0.717) is 13.2 Å². The molecule has 0 amide bonds. The molecule has 0 heterocycles. The molecule has 0 aliphatic carbocycles. The van der Waals surface area contributed by atoms with Gasteiger partial charge in [-0.25, -0.2) is 8.42 Å². The summed E-state index contributed by atoms with van der Waals surface area (Å²) < 4.78 is 70.0. The summed E-state index contributed by atoms with van der Waals surface area (Å²) in [5, 5.41) is 0. The predicted octanol–water partition coefficient (Wildman–Crippen LogP) is 5.99. The van der Waals surface area contributed by atoms with Gasteiger partial charge < -0.3 is 14.0 Å². The van der Waals surface area contributed by atoms with Crippen molar-refractivity contribution in [2.45, 2.75) is 34.0 Å². The number of halogens is 3. The molecule has 0 aliphatic heterocycles. The van der Waals surface area contributed by atoms with Crippen LogP contribution >= 0.6 is 0 Å². The molecule has 3 aromatic rings. The molecule has 0 bridgehead atoms. The van der Waals surface area contributed by atoms with Crippen molar-refractivity contribution < 1.29 is 35.6 Å². The van der Waals surface area contributed by atoms with Gasteiger partial charge >= 0.3 is 5.51 Å². The van der Waals surface area contributed by atoms with E-state index in [0.717, 1.165) is 16.9 Å². The highest BCUT2D eigenvalue weighted by Gasteiger charge is 2.37. The summed E-state index contributed by atoms with van der Waals surface area (Å²) in [6, 6.07) is 25.9. The Hall–Kier alpha value is -2.95. The highest BCUT2D eigenvalue weighted by molar-refractivity contribution is 7.97. The molecule has 0 unspecified atom stereocenters. The lowest BCUT2D eigenvalue weighted by atomic mass is 10.1. The zero-order chi connectivity index (χ0) is 26.1. The van der Waals surface area contributed by atoms with Crippen LogP contribution in [0.1, 0.15) is 11.1 Å². The van der Waals surface area contributed by atoms with E-state index in [9.17, 15) is 13.2 Å².